The van der Waals surface area contributed by atoms with Crippen molar-refractivity contribution in [2.45, 2.75) is 0 Å². The van der Waals surface area contributed by atoms with Crippen LogP contribution in [-0.2, 0) is 4.79 Å². The molecule has 0 aliphatic heterocycles. The molecule has 2 aromatic heterocycles. The number of halogens is 2. The van der Waals surface area contributed by atoms with Crippen molar-refractivity contribution in [1.29, 1.82) is 0 Å². The second-order valence-electron chi connectivity index (χ2n) is 5.53. The SMILES string of the molecule is COc1cc(OC)c(Cl)c(NC(=O)c2csc3c(NCC(=O)O)ncnc23)c1Cl. The smallest absolute Gasteiger partial charge is 0.322 e. The summed E-state index contributed by atoms with van der Waals surface area (Å²) >= 11 is 13.8. The molecule has 3 rings (SSSR count). The molecular formula is C17H14Cl2N4O5S. The Hall–Kier alpha value is -2.82. The Morgan fingerprint density at radius 2 is 1.83 bits per heavy atom. The number of amides is 1. The van der Waals surface area contributed by atoms with Crippen LogP contribution in [0.3, 0.4) is 0 Å². The lowest BCUT2D eigenvalue weighted by molar-refractivity contribution is -0.134. The van der Waals surface area contributed by atoms with Crippen molar-refractivity contribution in [3.05, 3.63) is 33.4 Å². The number of nitrogens with one attached hydrogen (secondary N) is 2. The largest absolute Gasteiger partial charge is 0.495 e. The average Bonchev–Trinajstić information content (AvgIpc) is 3.14. The molecule has 0 aliphatic carbocycles. The van der Waals surface area contributed by atoms with Crippen molar-refractivity contribution in [2.24, 2.45) is 0 Å². The van der Waals surface area contributed by atoms with Crippen molar-refractivity contribution >= 4 is 68.1 Å². The number of thiophene rings is 1. The number of aromatic nitrogens is 2. The summed E-state index contributed by atoms with van der Waals surface area (Å²) in [6.07, 6.45) is 1.24. The van der Waals surface area contributed by atoms with Gasteiger partial charge in [0.2, 0.25) is 0 Å². The van der Waals surface area contributed by atoms with Crippen LogP contribution in [0, 0.1) is 0 Å². The van der Waals surface area contributed by atoms with Gasteiger partial charge in [0.25, 0.3) is 5.91 Å². The molecule has 0 saturated carbocycles. The molecule has 0 radical (unpaired) electrons. The van der Waals surface area contributed by atoms with Gasteiger partial charge in [-0.15, -0.1) is 11.3 Å². The van der Waals surface area contributed by atoms with E-state index in [1.165, 1.54) is 38.0 Å². The molecule has 29 heavy (non-hydrogen) atoms. The van der Waals surface area contributed by atoms with Gasteiger partial charge < -0.3 is 25.2 Å². The number of carbonyl (C=O) groups excluding carboxylic acids is 1. The van der Waals surface area contributed by atoms with Crippen molar-refractivity contribution in [3.63, 3.8) is 0 Å². The third kappa shape index (κ3) is 4.14. The highest BCUT2D eigenvalue weighted by atomic mass is 35.5. The Bertz CT molecular complexity index is 1080. The number of benzene rings is 1. The first-order valence-corrected chi connectivity index (χ1v) is 9.60. The zero-order valence-corrected chi connectivity index (χ0v) is 17.4. The Kier molecular flexibility index (Phi) is 6.26. The summed E-state index contributed by atoms with van der Waals surface area (Å²) in [7, 11) is 2.85. The molecule has 0 aliphatic rings. The van der Waals surface area contributed by atoms with Gasteiger partial charge >= 0.3 is 5.97 Å². The molecular weight excluding hydrogens is 443 g/mol. The van der Waals surface area contributed by atoms with Crippen molar-refractivity contribution in [2.75, 3.05) is 31.4 Å². The maximum absolute atomic E-state index is 12.9. The highest BCUT2D eigenvalue weighted by Gasteiger charge is 2.22. The van der Waals surface area contributed by atoms with Crippen LogP contribution in [0.15, 0.2) is 17.8 Å². The molecule has 2 heterocycles. The predicted octanol–water partition coefficient (Wildman–Crippen LogP) is 3.76. The fourth-order valence-corrected chi connectivity index (χ4v) is 4.03. The number of rotatable bonds is 7. The molecule has 12 heteroatoms. The van der Waals surface area contributed by atoms with Crippen LogP contribution in [0.1, 0.15) is 10.4 Å². The van der Waals surface area contributed by atoms with Gasteiger partial charge in [0, 0.05) is 11.4 Å². The summed E-state index contributed by atoms with van der Waals surface area (Å²) in [5.74, 6) is -0.678. The summed E-state index contributed by atoms with van der Waals surface area (Å²) in [6, 6.07) is 1.51. The van der Waals surface area contributed by atoms with Gasteiger partial charge in [-0.1, -0.05) is 23.2 Å². The lowest BCUT2D eigenvalue weighted by Crippen LogP contribution is -2.14. The van der Waals surface area contributed by atoms with E-state index in [4.69, 9.17) is 37.8 Å². The lowest BCUT2D eigenvalue weighted by atomic mass is 10.2. The fourth-order valence-electron chi connectivity index (χ4n) is 2.47. The number of carboxylic acid groups (broad SMARTS) is 1. The summed E-state index contributed by atoms with van der Waals surface area (Å²) in [6.45, 7) is -0.319. The topological polar surface area (TPSA) is 123 Å². The number of hydrogen-bond donors (Lipinski definition) is 3. The summed E-state index contributed by atoms with van der Waals surface area (Å²) < 4.78 is 10.9. The minimum atomic E-state index is -1.04. The molecule has 0 fully saturated rings. The van der Waals surface area contributed by atoms with Crippen molar-refractivity contribution < 1.29 is 24.2 Å². The molecule has 0 atom stereocenters. The van der Waals surface area contributed by atoms with E-state index < -0.39 is 11.9 Å². The number of anilines is 2. The second-order valence-corrected chi connectivity index (χ2v) is 7.17. The first-order chi connectivity index (χ1) is 13.9. The molecule has 0 spiro atoms. The molecule has 1 amide bonds. The van der Waals surface area contributed by atoms with Gasteiger partial charge in [0.15, 0.2) is 0 Å². The van der Waals surface area contributed by atoms with Crippen LogP contribution in [0.25, 0.3) is 10.2 Å². The molecule has 152 valence electrons. The minimum absolute atomic E-state index is 0.115. The third-order valence-electron chi connectivity index (χ3n) is 3.82. The van der Waals surface area contributed by atoms with Crippen LogP contribution in [0.2, 0.25) is 10.0 Å². The number of carboxylic acids is 1. The number of nitrogens with zero attached hydrogens (tertiary/aromatic N) is 2. The van der Waals surface area contributed by atoms with Crippen LogP contribution < -0.4 is 20.1 Å². The van der Waals surface area contributed by atoms with Gasteiger partial charge in [-0.25, -0.2) is 9.97 Å². The van der Waals surface area contributed by atoms with E-state index in [9.17, 15) is 9.59 Å². The highest BCUT2D eigenvalue weighted by Crippen LogP contribution is 2.44. The van der Waals surface area contributed by atoms with Gasteiger partial charge in [0.1, 0.15) is 40.2 Å². The monoisotopic (exact) mass is 456 g/mol. The summed E-state index contributed by atoms with van der Waals surface area (Å²) in [4.78, 5) is 31.8. The average molecular weight is 457 g/mol. The minimum Gasteiger partial charge on any atom is -0.495 e. The molecule has 3 N–H and O–H groups in total. The maximum atomic E-state index is 12.9. The third-order valence-corrected chi connectivity index (χ3v) is 5.54. The summed E-state index contributed by atoms with van der Waals surface area (Å²) in [5, 5.41) is 16.0. The standard InChI is InChI=1S/C17H14Cl2N4O5S/c1-27-8-3-9(28-2)12(19)14(11(8)18)23-17(26)7-5-29-15-13(7)21-6-22-16(15)20-4-10(24)25/h3,5-6H,4H2,1-2H3,(H,23,26)(H,24,25)(H,20,21,22). The zero-order chi connectivity index (χ0) is 21.1. The molecule has 0 unspecified atom stereocenters. The van der Waals surface area contributed by atoms with Crippen molar-refractivity contribution in [3.8, 4) is 11.5 Å². The van der Waals surface area contributed by atoms with Crippen LogP contribution in [0.4, 0.5) is 11.5 Å². The van der Waals surface area contributed by atoms with E-state index in [1.54, 1.807) is 5.38 Å². The molecule has 3 aromatic rings. The molecule has 0 saturated heterocycles. The number of methoxy groups -OCH3 is 2. The van der Waals surface area contributed by atoms with Crippen LogP contribution in [0.5, 0.6) is 11.5 Å². The number of aliphatic carboxylic acids is 1. The van der Waals surface area contributed by atoms with E-state index in [-0.39, 0.29) is 39.3 Å². The van der Waals surface area contributed by atoms with E-state index in [2.05, 4.69) is 20.6 Å². The Morgan fingerprint density at radius 1 is 1.17 bits per heavy atom. The molecule has 1 aromatic carbocycles. The van der Waals surface area contributed by atoms with Crippen molar-refractivity contribution in [1.82, 2.24) is 9.97 Å². The van der Waals surface area contributed by atoms with Gasteiger partial charge in [-0.2, -0.15) is 0 Å². The van der Waals surface area contributed by atoms with Crippen LogP contribution in [-0.4, -0.2) is 47.7 Å². The molecule has 0 bridgehead atoms. The lowest BCUT2D eigenvalue weighted by Gasteiger charge is -2.15. The van der Waals surface area contributed by atoms with E-state index in [1.807, 2.05) is 0 Å². The Morgan fingerprint density at radius 3 is 2.41 bits per heavy atom. The molecule has 9 nitrogen and oxygen atoms in total. The second kappa shape index (κ2) is 8.68. The van der Waals surface area contributed by atoms with Gasteiger partial charge in [-0.3, -0.25) is 9.59 Å². The number of hydrogen-bond acceptors (Lipinski definition) is 8. The number of ether oxygens (including phenoxy) is 2. The number of carbonyl (C=O) groups is 2. The normalized spacial score (nSPS) is 10.6. The first-order valence-electron chi connectivity index (χ1n) is 7.96. The summed E-state index contributed by atoms with van der Waals surface area (Å²) in [5.41, 5.74) is 0.740. The fraction of sp³-hybridized carbons (Fsp3) is 0.176. The Balaban J connectivity index is 1.97. The van der Waals surface area contributed by atoms with Gasteiger partial charge in [0.05, 0.1) is 35.7 Å². The quantitative estimate of drug-likeness (QED) is 0.490. The van der Waals surface area contributed by atoms with E-state index >= 15 is 0 Å². The van der Waals surface area contributed by atoms with E-state index in [0.29, 0.717) is 16.0 Å². The van der Waals surface area contributed by atoms with E-state index in [0.717, 1.165) is 0 Å². The number of fused-ring (bicyclic) bond motifs is 1. The zero-order valence-electron chi connectivity index (χ0n) is 15.1. The Labute approximate surface area is 178 Å². The highest BCUT2D eigenvalue weighted by molar-refractivity contribution is 7.18. The predicted molar refractivity (Wildman–Crippen MR) is 111 cm³/mol. The van der Waals surface area contributed by atoms with Crippen LogP contribution >= 0.6 is 34.5 Å². The first kappa shape index (κ1) is 20.9. The van der Waals surface area contributed by atoms with Gasteiger partial charge in [-0.05, 0) is 0 Å². The maximum Gasteiger partial charge on any atom is 0.322 e.